The highest BCUT2D eigenvalue weighted by Gasteiger charge is 2.13. The van der Waals surface area contributed by atoms with Gasteiger partial charge in [0, 0.05) is 32.0 Å². The standard InChI is InChI=1S/C23H30N6O3/c1-15-9-16(2)29(28-15)21-8-7-17(12-25-21)13-26-23(24-3)27-14-18-10-19(30-4)22(32-6)20(11-18)31-5/h7-12H,13-14H2,1-6H3,(H2,24,26,27). The third-order valence-corrected chi connectivity index (χ3v) is 4.90. The minimum atomic E-state index is 0.533. The van der Waals surface area contributed by atoms with E-state index in [2.05, 4.69) is 25.7 Å². The molecule has 3 rings (SSSR count). The number of hydrogen-bond donors (Lipinski definition) is 2. The van der Waals surface area contributed by atoms with E-state index in [-0.39, 0.29) is 0 Å². The number of ether oxygens (including phenoxy) is 3. The Kier molecular flexibility index (Phi) is 7.54. The van der Waals surface area contributed by atoms with Gasteiger partial charge in [0.15, 0.2) is 23.3 Å². The first-order chi connectivity index (χ1) is 15.5. The smallest absolute Gasteiger partial charge is 0.203 e. The van der Waals surface area contributed by atoms with Crippen LogP contribution in [0.2, 0.25) is 0 Å². The Morgan fingerprint density at radius 3 is 2.06 bits per heavy atom. The maximum absolute atomic E-state index is 5.42. The second kappa shape index (κ2) is 10.5. The van der Waals surface area contributed by atoms with Crippen molar-refractivity contribution in [1.82, 2.24) is 25.4 Å². The maximum atomic E-state index is 5.42. The number of benzene rings is 1. The van der Waals surface area contributed by atoms with Crippen molar-refractivity contribution in [2.24, 2.45) is 4.99 Å². The molecule has 1 aromatic carbocycles. The molecule has 0 bridgehead atoms. The highest BCUT2D eigenvalue weighted by Crippen LogP contribution is 2.38. The van der Waals surface area contributed by atoms with Gasteiger partial charge in [-0.25, -0.2) is 9.67 Å². The number of aromatic nitrogens is 3. The predicted molar refractivity (Wildman–Crippen MR) is 124 cm³/mol. The molecule has 0 amide bonds. The number of aliphatic imine (C=N–C) groups is 1. The van der Waals surface area contributed by atoms with Crippen LogP contribution in [0.5, 0.6) is 17.2 Å². The molecule has 0 aliphatic heterocycles. The van der Waals surface area contributed by atoms with Crippen LogP contribution >= 0.6 is 0 Å². The van der Waals surface area contributed by atoms with Gasteiger partial charge < -0.3 is 24.8 Å². The number of nitrogens with one attached hydrogen (secondary N) is 2. The lowest BCUT2D eigenvalue weighted by Gasteiger charge is -2.16. The molecule has 9 nitrogen and oxygen atoms in total. The molecule has 0 saturated carbocycles. The highest BCUT2D eigenvalue weighted by molar-refractivity contribution is 5.79. The van der Waals surface area contributed by atoms with Gasteiger partial charge in [0.2, 0.25) is 5.75 Å². The predicted octanol–water partition coefficient (Wildman–Crippen LogP) is 2.78. The van der Waals surface area contributed by atoms with Crippen molar-refractivity contribution in [3.05, 3.63) is 59.0 Å². The Morgan fingerprint density at radius 2 is 1.59 bits per heavy atom. The van der Waals surface area contributed by atoms with E-state index in [0.29, 0.717) is 36.3 Å². The van der Waals surface area contributed by atoms with E-state index in [0.717, 1.165) is 28.3 Å². The maximum Gasteiger partial charge on any atom is 0.203 e. The topological polar surface area (TPSA) is 94.8 Å². The molecule has 2 N–H and O–H groups in total. The molecule has 3 aromatic rings. The van der Waals surface area contributed by atoms with Crippen LogP contribution in [0, 0.1) is 13.8 Å². The second-order valence-corrected chi connectivity index (χ2v) is 7.18. The first-order valence-electron chi connectivity index (χ1n) is 10.2. The number of hydrogen-bond acceptors (Lipinski definition) is 6. The monoisotopic (exact) mass is 438 g/mol. The molecule has 0 atom stereocenters. The number of rotatable bonds is 8. The molecular formula is C23H30N6O3. The zero-order valence-electron chi connectivity index (χ0n) is 19.4. The average Bonchev–Trinajstić information content (AvgIpc) is 3.16. The second-order valence-electron chi connectivity index (χ2n) is 7.18. The Labute approximate surface area is 188 Å². The van der Waals surface area contributed by atoms with Crippen molar-refractivity contribution in [1.29, 1.82) is 0 Å². The van der Waals surface area contributed by atoms with Gasteiger partial charge in [-0.3, -0.25) is 4.99 Å². The highest BCUT2D eigenvalue weighted by atomic mass is 16.5. The summed E-state index contributed by atoms with van der Waals surface area (Å²) in [5, 5.41) is 11.1. The first kappa shape index (κ1) is 22.9. The molecule has 0 spiro atoms. The van der Waals surface area contributed by atoms with E-state index >= 15 is 0 Å². The molecule has 0 radical (unpaired) electrons. The summed E-state index contributed by atoms with van der Waals surface area (Å²) in [7, 11) is 6.52. The van der Waals surface area contributed by atoms with Crippen molar-refractivity contribution in [3.8, 4) is 23.1 Å². The summed E-state index contributed by atoms with van der Waals surface area (Å²) < 4.78 is 18.0. The molecule has 32 heavy (non-hydrogen) atoms. The lowest BCUT2D eigenvalue weighted by atomic mass is 10.2. The Hall–Kier alpha value is -3.75. The fraction of sp³-hybridized carbons (Fsp3) is 0.348. The molecule has 2 heterocycles. The van der Waals surface area contributed by atoms with Crippen LogP contribution in [0.15, 0.2) is 41.5 Å². The van der Waals surface area contributed by atoms with Crippen LogP contribution in [0.1, 0.15) is 22.5 Å². The summed E-state index contributed by atoms with van der Waals surface area (Å²) in [6.45, 7) is 5.10. The summed E-state index contributed by atoms with van der Waals surface area (Å²) in [4.78, 5) is 8.82. The van der Waals surface area contributed by atoms with E-state index < -0.39 is 0 Å². The zero-order chi connectivity index (χ0) is 23.1. The average molecular weight is 439 g/mol. The number of guanidine groups is 1. The molecule has 9 heteroatoms. The zero-order valence-corrected chi connectivity index (χ0v) is 19.4. The van der Waals surface area contributed by atoms with Crippen LogP contribution in [0.3, 0.4) is 0 Å². The summed E-state index contributed by atoms with van der Waals surface area (Å²) in [5.41, 5.74) is 4.03. The number of methoxy groups -OCH3 is 3. The third-order valence-electron chi connectivity index (χ3n) is 4.90. The fourth-order valence-electron chi connectivity index (χ4n) is 3.34. The van der Waals surface area contributed by atoms with Crippen molar-refractivity contribution in [2.75, 3.05) is 28.4 Å². The molecule has 0 aliphatic carbocycles. The van der Waals surface area contributed by atoms with Gasteiger partial charge in [-0.2, -0.15) is 5.10 Å². The Balaban J connectivity index is 1.60. The molecule has 0 saturated heterocycles. The van der Waals surface area contributed by atoms with Crippen molar-refractivity contribution in [2.45, 2.75) is 26.9 Å². The van der Waals surface area contributed by atoms with E-state index in [9.17, 15) is 0 Å². The van der Waals surface area contributed by atoms with E-state index in [1.807, 2.05) is 55.1 Å². The van der Waals surface area contributed by atoms with Gasteiger partial charge in [0.1, 0.15) is 0 Å². The normalized spacial score (nSPS) is 11.2. The van der Waals surface area contributed by atoms with Crippen LogP contribution < -0.4 is 24.8 Å². The molecule has 2 aromatic heterocycles. The van der Waals surface area contributed by atoms with Gasteiger partial charge >= 0.3 is 0 Å². The SMILES string of the molecule is CN=C(NCc1ccc(-n2nc(C)cc2C)nc1)NCc1cc(OC)c(OC)c(OC)c1. The summed E-state index contributed by atoms with van der Waals surface area (Å²) in [5.74, 6) is 3.25. The van der Waals surface area contributed by atoms with Gasteiger partial charge in [0.05, 0.1) is 27.0 Å². The van der Waals surface area contributed by atoms with Crippen LogP contribution in [0.4, 0.5) is 0 Å². The lowest BCUT2D eigenvalue weighted by Crippen LogP contribution is -2.36. The van der Waals surface area contributed by atoms with Gasteiger partial charge in [0.25, 0.3) is 0 Å². The van der Waals surface area contributed by atoms with Crippen molar-refractivity contribution >= 4 is 5.96 Å². The molecule has 0 unspecified atom stereocenters. The van der Waals surface area contributed by atoms with E-state index in [4.69, 9.17) is 14.2 Å². The third kappa shape index (κ3) is 5.29. The fourth-order valence-corrected chi connectivity index (χ4v) is 3.34. The van der Waals surface area contributed by atoms with E-state index in [1.54, 1.807) is 28.4 Å². The first-order valence-corrected chi connectivity index (χ1v) is 10.2. The summed E-state index contributed by atoms with van der Waals surface area (Å²) in [6.07, 6.45) is 1.84. The van der Waals surface area contributed by atoms with Crippen LogP contribution in [-0.4, -0.2) is 49.1 Å². The Morgan fingerprint density at radius 1 is 0.938 bits per heavy atom. The minimum absolute atomic E-state index is 0.533. The molecular weight excluding hydrogens is 408 g/mol. The number of pyridine rings is 1. The number of aryl methyl sites for hydroxylation is 2. The number of nitrogens with zero attached hydrogens (tertiary/aromatic N) is 4. The van der Waals surface area contributed by atoms with Crippen LogP contribution in [0.25, 0.3) is 5.82 Å². The van der Waals surface area contributed by atoms with Crippen LogP contribution in [-0.2, 0) is 13.1 Å². The van der Waals surface area contributed by atoms with Gasteiger partial charge in [-0.05, 0) is 49.2 Å². The van der Waals surface area contributed by atoms with E-state index in [1.165, 1.54) is 0 Å². The molecule has 0 fully saturated rings. The lowest BCUT2D eigenvalue weighted by molar-refractivity contribution is 0.323. The quantitative estimate of drug-likeness (QED) is 0.412. The Bertz CT molecular complexity index is 1050. The van der Waals surface area contributed by atoms with Crippen molar-refractivity contribution < 1.29 is 14.2 Å². The largest absolute Gasteiger partial charge is 0.493 e. The van der Waals surface area contributed by atoms with Gasteiger partial charge in [-0.15, -0.1) is 0 Å². The van der Waals surface area contributed by atoms with Gasteiger partial charge in [-0.1, -0.05) is 6.07 Å². The minimum Gasteiger partial charge on any atom is -0.493 e. The summed E-state index contributed by atoms with van der Waals surface area (Å²) >= 11 is 0. The van der Waals surface area contributed by atoms with Crippen molar-refractivity contribution in [3.63, 3.8) is 0 Å². The molecule has 170 valence electrons. The molecule has 0 aliphatic rings. The summed E-state index contributed by atoms with van der Waals surface area (Å²) in [6, 6.07) is 9.83.